The molecular weight excluding hydrogens is 280 g/mol. The molecule has 0 bridgehead atoms. The molecule has 0 saturated carbocycles. The number of fused-ring (bicyclic) bond motifs is 2. The number of para-hydroxylation sites is 2. The molecule has 4 rings (SSSR count). The molecule has 0 spiro atoms. The minimum atomic E-state index is -0.203. The van der Waals surface area contributed by atoms with E-state index in [9.17, 15) is 4.79 Å². The second kappa shape index (κ2) is 4.67. The van der Waals surface area contributed by atoms with Gasteiger partial charge in [-0.1, -0.05) is 30.3 Å². The van der Waals surface area contributed by atoms with E-state index < -0.39 is 0 Å². The van der Waals surface area contributed by atoms with E-state index in [4.69, 9.17) is 0 Å². The summed E-state index contributed by atoms with van der Waals surface area (Å²) in [5.74, 6) is 0.0510. The first-order valence-corrected chi connectivity index (χ1v) is 7.72. The Balaban J connectivity index is 1.84. The van der Waals surface area contributed by atoms with E-state index in [0.717, 1.165) is 27.0 Å². The molecule has 104 valence electrons. The van der Waals surface area contributed by atoms with Crippen molar-refractivity contribution < 1.29 is 4.79 Å². The molecule has 0 unspecified atom stereocenters. The lowest BCUT2D eigenvalue weighted by atomic mass is 10.1. The van der Waals surface area contributed by atoms with Gasteiger partial charge in [-0.25, -0.2) is 0 Å². The van der Waals surface area contributed by atoms with Crippen LogP contribution in [0.25, 0.3) is 10.9 Å². The molecule has 1 amide bonds. The van der Waals surface area contributed by atoms with Gasteiger partial charge in [-0.05, 0) is 18.2 Å². The van der Waals surface area contributed by atoms with E-state index >= 15 is 0 Å². The fraction of sp³-hybridized carbons (Fsp3) is 0.118. The van der Waals surface area contributed by atoms with Gasteiger partial charge in [0.2, 0.25) is 5.91 Å². The van der Waals surface area contributed by atoms with Gasteiger partial charge in [0.05, 0.1) is 5.69 Å². The number of benzene rings is 2. The lowest BCUT2D eigenvalue weighted by molar-refractivity contribution is -0.115. The van der Waals surface area contributed by atoms with Gasteiger partial charge in [-0.15, -0.1) is 11.8 Å². The third kappa shape index (κ3) is 1.94. The summed E-state index contributed by atoms with van der Waals surface area (Å²) >= 11 is 1.62. The minimum Gasteiger partial charge on any atom is -0.350 e. The number of anilines is 1. The summed E-state index contributed by atoms with van der Waals surface area (Å²) in [6.45, 7) is 0. The topological polar surface area (TPSA) is 34.0 Å². The highest BCUT2D eigenvalue weighted by Crippen LogP contribution is 2.45. The second-order valence-corrected chi connectivity index (χ2v) is 6.34. The van der Waals surface area contributed by atoms with Crippen LogP contribution < -0.4 is 5.32 Å². The number of nitrogens with one attached hydrogen (secondary N) is 1. The van der Waals surface area contributed by atoms with Crippen molar-refractivity contribution in [3.05, 3.63) is 60.3 Å². The molecule has 1 aromatic heterocycles. The van der Waals surface area contributed by atoms with Crippen LogP contribution in [0.4, 0.5) is 5.69 Å². The number of hydrogen-bond acceptors (Lipinski definition) is 2. The number of nitrogens with zero attached hydrogens (tertiary/aromatic N) is 1. The molecule has 3 aromatic rings. The maximum absolute atomic E-state index is 12.5. The van der Waals surface area contributed by atoms with Gasteiger partial charge in [0.25, 0.3) is 0 Å². The molecule has 4 heteroatoms. The van der Waals surface area contributed by atoms with E-state index in [1.165, 1.54) is 0 Å². The highest BCUT2D eigenvalue weighted by Gasteiger charge is 2.30. The molecule has 2 heterocycles. The van der Waals surface area contributed by atoms with Crippen LogP contribution in [0.3, 0.4) is 0 Å². The van der Waals surface area contributed by atoms with Gasteiger partial charge < -0.3 is 9.88 Å². The molecule has 0 fully saturated rings. The van der Waals surface area contributed by atoms with E-state index in [2.05, 4.69) is 34.3 Å². The molecule has 21 heavy (non-hydrogen) atoms. The summed E-state index contributed by atoms with van der Waals surface area (Å²) in [5.41, 5.74) is 3.13. The summed E-state index contributed by atoms with van der Waals surface area (Å²) < 4.78 is 2.08. The average molecular weight is 294 g/mol. The number of aryl methyl sites for hydroxylation is 1. The van der Waals surface area contributed by atoms with E-state index in [0.29, 0.717) is 0 Å². The van der Waals surface area contributed by atoms with Gasteiger partial charge in [-0.2, -0.15) is 0 Å². The first kappa shape index (κ1) is 12.5. The predicted octanol–water partition coefficient (Wildman–Crippen LogP) is 3.96. The van der Waals surface area contributed by atoms with Crippen LogP contribution in [0.2, 0.25) is 0 Å². The molecule has 2 aromatic carbocycles. The van der Waals surface area contributed by atoms with Gasteiger partial charge in [0.15, 0.2) is 0 Å². The number of carbonyl (C=O) groups excluding carboxylic acids is 1. The van der Waals surface area contributed by atoms with Gasteiger partial charge in [0, 0.05) is 34.6 Å². The zero-order chi connectivity index (χ0) is 14.4. The van der Waals surface area contributed by atoms with Crippen LogP contribution in [-0.4, -0.2) is 10.5 Å². The molecule has 0 saturated heterocycles. The third-order valence-corrected chi connectivity index (χ3v) is 5.15. The van der Waals surface area contributed by atoms with Crippen molar-refractivity contribution in [2.24, 2.45) is 7.05 Å². The predicted molar refractivity (Wildman–Crippen MR) is 86.6 cm³/mol. The smallest absolute Gasteiger partial charge is 0.242 e. The number of carbonyl (C=O) groups is 1. The van der Waals surface area contributed by atoms with Gasteiger partial charge in [-0.3, -0.25) is 4.79 Å². The Morgan fingerprint density at radius 1 is 1.10 bits per heavy atom. The van der Waals surface area contributed by atoms with Gasteiger partial charge in [0.1, 0.15) is 5.25 Å². The number of rotatable bonds is 1. The van der Waals surface area contributed by atoms with Crippen LogP contribution in [-0.2, 0) is 11.8 Å². The molecule has 1 aliphatic rings. The molecular formula is C17H14N2OS. The van der Waals surface area contributed by atoms with Crippen molar-refractivity contribution in [2.45, 2.75) is 10.1 Å². The van der Waals surface area contributed by atoms with E-state index in [1.807, 2.05) is 37.4 Å². The SMILES string of the molecule is Cn1cc([C@H]2Sc3ccccc3NC2=O)c2ccccc21. The Kier molecular flexibility index (Phi) is 2.79. The first-order valence-electron chi connectivity index (χ1n) is 6.84. The van der Waals surface area contributed by atoms with Crippen molar-refractivity contribution in [3.63, 3.8) is 0 Å². The number of aromatic nitrogens is 1. The molecule has 1 aliphatic heterocycles. The van der Waals surface area contributed by atoms with Crippen molar-refractivity contribution in [3.8, 4) is 0 Å². The van der Waals surface area contributed by atoms with Crippen LogP contribution in [0, 0.1) is 0 Å². The number of amides is 1. The van der Waals surface area contributed by atoms with E-state index in [1.54, 1.807) is 11.8 Å². The normalized spacial score (nSPS) is 17.6. The maximum Gasteiger partial charge on any atom is 0.242 e. The zero-order valence-electron chi connectivity index (χ0n) is 11.5. The van der Waals surface area contributed by atoms with Crippen molar-refractivity contribution in [2.75, 3.05) is 5.32 Å². The minimum absolute atomic E-state index is 0.0510. The Labute approximate surface area is 127 Å². The fourth-order valence-electron chi connectivity index (χ4n) is 2.84. The quantitative estimate of drug-likeness (QED) is 0.737. The first-order chi connectivity index (χ1) is 10.2. The Bertz CT molecular complexity index is 853. The second-order valence-electron chi connectivity index (χ2n) is 5.20. The molecule has 3 nitrogen and oxygen atoms in total. The molecule has 0 aliphatic carbocycles. The lowest BCUT2D eigenvalue weighted by Crippen LogP contribution is -2.22. The van der Waals surface area contributed by atoms with Crippen molar-refractivity contribution in [1.82, 2.24) is 4.57 Å². The summed E-state index contributed by atoms with van der Waals surface area (Å²) in [4.78, 5) is 13.6. The standard InChI is InChI=1S/C17H14N2OS/c1-19-10-12(11-6-2-4-8-14(11)19)16-17(20)18-13-7-3-5-9-15(13)21-16/h2-10,16H,1H3,(H,18,20)/t16-/m1/s1. The van der Waals surface area contributed by atoms with E-state index in [-0.39, 0.29) is 11.2 Å². The van der Waals surface area contributed by atoms with Crippen molar-refractivity contribution >= 4 is 34.3 Å². The lowest BCUT2D eigenvalue weighted by Gasteiger charge is -2.23. The Hall–Kier alpha value is -2.20. The summed E-state index contributed by atoms with van der Waals surface area (Å²) in [6.07, 6.45) is 2.07. The summed E-state index contributed by atoms with van der Waals surface area (Å²) in [7, 11) is 2.02. The number of hydrogen-bond donors (Lipinski definition) is 1. The van der Waals surface area contributed by atoms with Crippen LogP contribution in [0.1, 0.15) is 10.8 Å². The largest absolute Gasteiger partial charge is 0.350 e. The monoisotopic (exact) mass is 294 g/mol. The van der Waals surface area contributed by atoms with Crippen LogP contribution >= 0.6 is 11.8 Å². The third-order valence-electron chi connectivity index (χ3n) is 3.84. The van der Waals surface area contributed by atoms with Gasteiger partial charge >= 0.3 is 0 Å². The highest BCUT2D eigenvalue weighted by molar-refractivity contribution is 8.00. The molecule has 1 N–H and O–H groups in total. The highest BCUT2D eigenvalue weighted by atomic mass is 32.2. The molecule has 1 atom stereocenters. The molecule has 0 radical (unpaired) electrons. The maximum atomic E-state index is 12.5. The summed E-state index contributed by atoms with van der Waals surface area (Å²) in [5, 5.41) is 3.96. The Morgan fingerprint density at radius 2 is 1.86 bits per heavy atom. The zero-order valence-corrected chi connectivity index (χ0v) is 12.4. The Morgan fingerprint density at radius 3 is 2.76 bits per heavy atom. The van der Waals surface area contributed by atoms with Crippen molar-refractivity contribution in [1.29, 1.82) is 0 Å². The fourth-order valence-corrected chi connectivity index (χ4v) is 3.98. The summed E-state index contributed by atoms with van der Waals surface area (Å²) in [6, 6.07) is 16.1. The van der Waals surface area contributed by atoms with Crippen LogP contribution in [0.5, 0.6) is 0 Å². The van der Waals surface area contributed by atoms with Crippen LogP contribution in [0.15, 0.2) is 59.6 Å². The number of thioether (sulfide) groups is 1. The average Bonchev–Trinajstić information content (AvgIpc) is 2.84.